The SMILES string of the molecule is O=C(c1cccc(-n2cnnn2)c1)N1CC(Oc2ncccc2Br)C1. The maximum Gasteiger partial charge on any atom is 0.254 e. The van der Waals surface area contributed by atoms with Gasteiger partial charge >= 0.3 is 0 Å². The van der Waals surface area contributed by atoms with E-state index in [9.17, 15) is 4.79 Å². The van der Waals surface area contributed by atoms with E-state index in [1.807, 2.05) is 24.3 Å². The lowest BCUT2D eigenvalue weighted by atomic mass is 10.1. The molecule has 0 N–H and O–H groups in total. The summed E-state index contributed by atoms with van der Waals surface area (Å²) in [7, 11) is 0. The van der Waals surface area contributed by atoms with Crippen LogP contribution in [-0.4, -0.2) is 55.2 Å². The van der Waals surface area contributed by atoms with Crippen LogP contribution in [0.4, 0.5) is 0 Å². The van der Waals surface area contributed by atoms with Gasteiger partial charge < -0.3 is 9.64 Å². The molecule has 1 fully saturated rings. The molecule has 0 bridgehead atoms. The zero-order valence-electron chi connectivity index (χ0n) is 13.0. The van der Waals surface area contributed by atoms with Gasteiger partial charge in [-0.3, -0.25) is 4.79 Å². The van der Waals surface area contributed by atoms with Gasteiger partial charge in [-0.1, -0.05) is 6.07 Å². The molecule has 1 aromatic carbocycles. The van der Waals surface area contributed by atoms with Crippen LogP contribution in [0.15, 0.2) is 53.4 Å². The Balaban J connectivity index is 1.40. The smallest absolute Gasteiger partial charge is 0.254 e. The molecule has 9 heteroatoms. The van der Waals surface area contributed by atoms with Crippen LogP contribution in [0.2, 0.25) is 0 Å². The van der Waals surface area contributed by atoms with Gasteiger partial charge in [0.15, 0.2) is 0 Å². The number of hydrogen-bond acceptors (Lipinski definition) is 6. The number of ether oxygens (including phenoxy) is 1. The topological polar surface area (TPSA) is 86.0 Å². The number of carbonyl (C=O) groups excluding carboxylic acids is 1. The molecule has 0 radical (unpaired) electrons. The van der Waals surface area contributed by atoms with E-state index in [0.29, 0.717) is 24.5 Å². The van der Waals surface area contributed by atoms with Crippen LogP contribution < -0.4 is 4.74 Å². The van der Waals surface area contributed by atoms with Crippen molar-refractivity contribution in [1.82, 2.24) is 30.1 Å². The molecule has 126 valence electrons. The molecule has 1 saturated heterocycles. The first kappa shape index (κ1) is 15.7. The summed E-state index contributed by atoms with van der Waals surface area (Å²) >= 11 is 3.40. The fourth-order valence-corrected chi connectivity index (χ4v) is 2.89. The summed E-state index contributed by atoms with van der Waals surface area (Å²) in [5.74, 6) is 0.495. The fourth-order valence-electron chi connectivity index (χ4n) is 2.54. The average molecular weight is 401 g/mol. The molecule has 0 atom stereocenters. The van der Waals surface area contributed by atoms with Crippen LogP contribution in [0.25, 0.3) is 5.69 Å². The van der Waals surface area contributed by atoms with Gasteiger partial charge in [-0.25, -0.2) is 9.67 Å². The van der Waals surface area contributed by atoms with Gasteiger partial charge in [0.05, 0.1) is 23.2 Å². The molecule has 0 aliphatic carbocycles. The van der Waals surface area contributed by atoms with Crippen molar-refractivity contribution in [3.63, 3.8) is 0 Å². The molecule has 2 aromatic heterocycles. The summed E-state index contributed by atoms with van der Waals surface area (Å²) in [6, 6.07) is 10.9. The second kappa shape index (κ2) is 6.60. The van der Waals surface area contributed by atoms with E-state index in [-0.39, 0.29) is 12.0 Å². The van der Waals surface area contributed by atoms with Crippen LogP contribution in [0, 0.1) is 0 Å². The predicted octanol–water partition coefficient (Wildman–Crippen LogP) is 1.72. The third-order valence-corrected chi connectivity index (χ3v) is 4.45. The summed E-state index contributed by atoms with van der Waals surface area (Å²) in [5.41, 5.74) is 1.33. The zero-order chi connectivity index (χ0) is 17.2. The van der Waals surface area contributed by atoms with Gasteiger partial charge in [-0.05, 0) is 56.7 Å². The second-order valence-corrected chi connectivity index (χ2v) is 6.40. The van der Waals surface area contributed by atoms with Crippen molar-refractivity contribution in [2.75, 3.05) is 13.1 Å². The highest BCUT2D eigenvalue weighted by Crippen LogP contribution is 2.25. The summed E-state index contributed by atoms with van der Waals surface area (Å²) in [4.78, 5) is 18.5. The molecule has 3 heterocycles. The molecule has 1 amide bonds. The van der Waals surface area contributed by atoms with Crippen LogP contribution >= 0.6 is 15.9 Å². The first-order valence-corrected chi connectivity index (χ1v) is 8.40. The number of tetrazole rings is 1. The number of hydrogen-bond donors (Lipinski definition) is 0. The number of likely N-dealkylation sites (tertiary alicyclic amines) is 1. The molecule has 0 saturated carbocycles. The Hall–Kier alpha value is -2.81. The van der Waals surface area contributed by atoms with E-state index >= 15 is 0 Å². The van der Waals surface area contributed by atoms with E-state index in [0.717, 1.165) is 10.2 Å². The highest BCUT2D eigenvalue weighted by Gasteiger charge is 2.33. The summed E-state index contributed by atoms with van der Waals surface area (Å²) < 4.78 is 8.11. The third-order valence-electron chi connectivity index (χ3n) is 3.84. The molecule has 0 unspecified atom stereocenters. The Bertz CT molecular complexity index is 895. The second-order valence-electron chi connectivity index (χ2n) is 5.55. The Morgan fingerprint density at radius 3 is 2.88 bits per heavy atom. The van der Waals surface area contributed by atoms with Gasteiger partial charge in [0.2, 0.25) is 5.88 Å². The first-order valence-electron chi connectivity index (χ1n) is 7.60. The van der Waals surface area contributed by atoms with E-state index < -0.39 is 0 Å². The van der Waals surface area contributed by atoms with Gasteiger partial charge in [0, 0.05) is 11.8 Å². The summed E-state index contributed by atoms with van der Waals surface area (Å²) in [6.45, 7) is 1.05. The number of aromatic nitrogens is 5. The molecule has 1 aliphatic heterocycles. The van der Waals surface area contributed by atoms with Crippen molar-refractivity contribution < 1.29 is 9.53 Å². The lowest BCUT2D eigenvalue weighted by Crippen LogP contribution is -2.56. The average Bonchev–Trinajstić information content (AvgIpc) is 3.13. The minimum absolute atomic E-state index is 0.0464. The molecule has 1 aliphatic rings. The van der Waals surface area contributed by atoms with E-state index in [1.54, 1.807) is 23.2 Å². The normalized spacial score (nSPS) is 14.2. The maximum absolute atomic E-state index is 12.6. The Morgan fingerprint density at radius 1 is 1.24 bits per heavy atom. The van der Waals surface area contributed by atoms with E-state index in [1.165, 1.54) is 11.0 Å². The highest BCUT2D eigenvalue weighted by atomic mass is 79.9. The van der Waals surface area contributed by atoms with Crippen LogP contribution in [0.1, 0.15) is 10.4 Å². The number of benzene rings is 1. The van der Waals surface area contributed by atoms with Gasteiger partial charge in [-0.15, -0.1) is 5.10 Å². The van der Waals surface area contributed by atoms with Gasteiger partial charge in [-0.2, -0.15) is 0 Å². The first-order chi connectivity index (χ1) is 12.2. The predicted molar refractivity (Wildman–Crippen MR) is 91.4 cm³/mol. The number of nitrogens with zero attached hydrogens (tertiary/aromatic N) is 6. The Labute approximate surface area is 151 Å². The lowest BCUT2D eigenvalue weighted by molar-refractivity contribution is 0.0157. The molecule has 8 nitrogen and oxygen atoms in total. The van der Waals surface area contributed by atoms with Crippen molar-refractivity contribution in [2.24, 2.45) is 0 Å². The lowest BCUT2D eigenvalue weighted by Gasteiger charge is -2.38. The summed E-state index contributed by atoms with van der Waals surface area (Å²) in [5, 5.41) is 11.0. The Kier molecular flexibility index (Phi) is 4.14. The van der Waals surface area contributed by atoms with Crippen LogP contribution in [-0.2, 0) is 0 Å². The number of amides is 1. The Morgan fingerprint density at radius 2 is 2.12 bits per heavy atom. The molecular formula is C16H13BrN6O2. The molecule has 3 aromatic rings. The monoisotopic (exact) mass is 400 g/mol. The standard InChI is InChI=1S/C16H13BrN6O2/c17-14-5-2-6-18-15(14)25-13-8-22(9-13)16(24)11-3-1-4-12(7-11)23-10-19-20-21-23/h1-7,10,13H,8-9H2. The van der Waals surface area contributed by atoms with E-state index in [2.05, 4.69) is 36.4 Å². The van der Waals surface area contributed by atoms with E-state index in [4.69, 9.17) is 4.74 Å². The number of halogens is 1. The molecule has 25 heavy (non-hydrogen) atoms. The van der Waals surface area contributed by atoms with Gasteiger partial charge in [0.25, 0.3) is 5.91 Å². The molecular weight excluding hydrogens is 388 g/mol. The quantitative estimate of drug-likeness (QED) is 0.662. The maximum atomic E-state index is 12.6. The number of carbonyl (C=O) groups is 1. The van der Waals surface area contributed by atoms with Crippen LogP contribution in [0.3, 0.4) is 0 Å². The van der Waals surface area contributed by atoms with Gasteiger partial charge in [0.1, 0.15) is 12.4 Å². The van der Waals surface area contributed by atoms with Crippen molar-refractivity contribution >= 4 is 21.8 Å². The van der Waals surface area contributed by atoms with Crippen LogP contribution in [0.5, 0.6) is 5.88 Å². The van der Waals surface area contributed by atoms with Crippen molar-refractivity contribution in [3.05, 3.63) is 59.0 Å². The fraction of sp³-hybridized carbons (Fsp3) is 0.188. The molecule has 0 spiro atoms. The zero-order valence-corrected chi connectivity index (χ0v) is 14.6. The van der Waals surface area contributed by atoms with Crippen molar-refractivity contribution in [1.29, 1.82) is 0 Å². The van der Waals surface area contributed by atoms with Crippen molar-refractivity contribution in [2.45, 2.75) is 6.10 Å². The van der Waals surface area contributed by atoms with Crippen molar-refractivity contribution in [3.8, 4) is 11.6 Å². The third kappa shape index (κ3) is 3.22. The molecule has 4 rings (SSSR count). The largest absolute Gasteiger partial charge is 0.470 e. The summed E-state index contributed by atoms with van der Waals surface area (Å²) in [6.07, 6.45) is 3.10. The number of pyridine rings is 1. The number of rotatable bonds is 4. The highest BCUT2D eigenvalue weighted by molar-refractivity contribution is 9.10. The minimum Gasteiger partial charge on any atom is -0.470 e. The minimum atomic E-state index is -0.0575.